The molecule has 0 unspecified atom stereocenters. The summed E-state index contributed by atoms with van der Waals surface area (Å²) in [5.41, 5.74) is 6.75. The molecule has 16 heavy (non-hydrogen) atoms. The van der Waals surface area contributed by atoms with Crippen molar-refractivity contribution >= 4 is 11.3 Å². The number of rotatable bonds is 7. The summed E-state index contributed by atoms with van der Waals surface area (Å²) >= 11 is 1.74. The molecule has 0 spiro atoms. The molecule has 3 nitrogen and oxygen atoms in total. The Balaban J connectivity index is 1.84. The fourth-order valence-corrected chi connectivity index (χ4v) is 2.66. The van der Waals surface area contributed by atoms with Gasteiger partial charge in [-0.25, -0.2) is 4.98 Å². The van der Waals surface area contributed by atoms with Gasteiger partial charge >= 0.3 is 0 Å². The van der Waals surface area contributed by atoms with Crippen LogP contribution in [0.3, 0.4) is 0 Å². The van der Waals surface area contributed by atoms with E-state index < -0.39 is 0 Å². The van der Waals surface area contributed by atoms with E-state index in [4.69, 9.17) is 5.73 Å². The van der Waals surface area contributed by atoms with Gasteiger partial charge in [-0.3, -0.25) is 4.90 Å². The third-order valence-corrected chi connectivity index (χ3v) is 3.96. The third kappa shape index (κ3) is 3.54. The van der Waals surface area contributed by atoms with Gasteiger partial charge in [0.25, 0.3) is 0 Å². The molecule has 1 aromatic heterocycles. The van der Waals surface area contributed by atoms with Crippen molar-refractivity contribution in [2.75, 3.05) is 19.6 Å². The first-order chi connectivity index (χ1) is 7.81. The lowest BCUT2D eigenvalue weighted by Gasteiger charge is -2.18. The largest absolute Gasteiger partial charge is 0.330 e. The lowest BCUT2D eigenvalue weighted by atomic mass is 10.3. The first-order valence-corrected chi connectivity index (χ1v) is 7.05. The summed E-state index contributed by atoms with van der Waals surface area (Å²) in [5, 5.41) is 3.36. The minimum absolute atomic E-state index is 0.701. The van der Waals surface area contributed by atoms with E-state index in [1.54, 1.807) is 11.3 Å². The Morgan fingerprint density at radius 1 is 1.56 bits per heavy atom. The van der Waals surface area contributed by atoms with Crippen molar-refractivity contribution < 1.29 is 0 Å². The SMILES string of the molecule is CCN(Cc1csc(CCN)n1)CC1CC1. The first-order valence-electron chi connectivity index (χ1n) is 6.17. The van der Waals surface area contributed by atoms with Gasteiger partial charge in [-0.05, 0) is 31.8 Å². The topological polar surface area (TPSA) is 42.1 Å². The normalized spacial score (nSPS) is 15.9. The van der Waals surface area contributed by atoms with Crippen LogP contribution in [0.25, 0.3) is 0 Å². The Morgan fingerprint density at radius 2 is 2.38 bits per heavy atom. The summed E-state index contributed by atoms with van der Waals surface area (Å²) in [5.74, 6) is 0.960. The summed E-state index contributed by atoms with van der Waals surface area (Å²) < 4.78 is 0. The Morgan fingerprint density at radius 3 is 3.00 bits per heavy atom. The molecule has 0 radical (unpaired) electrons. The molecule has 2 N–H and O–H groups in total. The van der Waals surface area contributed by atoms with Gasteiger partial charge in [0, 0.05) is 24.9 Å². The molecule has 0 aromatic carbocycles. The Hall–Kier alpha value is -0.450. The van der Waals surface area contributed by atoms with Gasteiger partial charge in [-0.1, -0.05) is 6.92 Å². The predicted molar refractivity (Wildman–Crippen MR) is 68.5 cm³/mol. The van der Waals surface area contributed by atoms with Gasteiger partial charge < -0.3 is 5.73 Å². The summed E-state index contributed by atoms with van der Waals surface area (Å²) in [6.45, 7) is 6.32. The minimum Gasteiger partial charge on any atom is -0.330 e. The number of nitrogens with zero attached hydrogens (tertiary/aromatic N) is 2. The summed E-state index contributed by atoms with van der Waals surface area (Å²) in [4.78, 5) is 7.11. The van der Waals surface area contributed by atoms with E-state index in [0.717, 1.165) is 25.4 Å². The molecular weight excluding hydrogens is 218 g/mol. The van der Waals surface area contributed by atoms with Crippen molar-refractivity contribution in [3.8, 4) is 0 Å². The highest BCUT2D eigenvalue weighted by molar-refractivity contribution is 7.09. The van der Waals surface area contributed by atoms with Gasteiger partial charge in [0.15, 0.2) is 0 Å². The van der Waals surface area contributed by atoms with Crippen LogP contribution >= 0.6 is 11.3 Å². The quantitative estimate of drug-likeness (QED) is 0.790. The molecule has 1 aliphatic rings. The highest BCUT2D eigenvalue weighted by atomic mass is 32.1. The van der Waals surface area contributed by atoms with E-state index in [9.17, 15) is 0 Å². The first kappa shape index (κ1) is 12.0. The number of aromatic nitrogens is 1. The average Bonchev–Trinajstić information content (AvgIpc) is 2.99. The minimum atomic E-state index is 0.701. The Kier molecular flexibility index (Phi) is 4.32. The molecule has 1 aromatic rings. The summed E-state index contributed by atoms with van der Waals surface area (Å²) in [6, 6.07) is 0. The lowest BCUT2D eigenvalue weighted by Crippen LogP contribution is -2.25. The number of hydrogen-bond acceptors (Lipinski definition) is 4. The van der Waals surface area contributed by atoms with Crippen molar-refractivity contribution in [2.24, 2.45) is 11.7 Å². The van der Waals surface area contributed by atoms with Crippen LogP contribution in [0.4, 0.5) is 0 Å². The van der Waals surface area contributed by atoms with Crippen LogP contribution in [-0.4, -0.2) is 29.5 Å². The monoisotopic (exact) mass is 239 g/mol. The average molecular weight is 239 g/mol. The van der Waals surface area contributed by atoms with Crippen LogP contribution in [0.5, 0.6) is 0 Å². The smallest absolute Gasteiger partial charge is 0.0941 e. The van der Waals surface area contributed by atoms with E-state index in [-0.39, 0.29) is 0 Å². The zero-order valence-corrected chi connectivity index (χ0v) is 10.8. The van der Waals surface area contributed by atoms with E-state index in [1.165, 1.54) is 30.1 Å². The number of nitrogens with two attached hydrogens (primary N) is 1. The van der Waals surface area contributed by atoms with Crippen LogP contribution in [0.15, 0.2) is 5.38 Å². The fraction of sp³-hybridized carbons (Fsp3) is 0.750. The molecule has 2 rings (SSSR count). The Labute approximate surface area is 102 Å². The summed E-state index contributed by atoms with van der Waals surface area (Å²) in [7, 11) is 0. The van der Waals surface area contributed by atoms with Crippen molar-refractivity contribution in [1.82, 2.24) is 9.88 Å². The van der Waals surface area contributed by atoms with E-state index in [2.05, 4.69) is 22.2 Å². The Bertz CT molecular complexity index is 320. The van der Waals surface area contributed by atoms with Crippen molar-refractivity contribution in [3.05, 3.63) is 16.1 Å². The van der Waals surface area contributed by atoms with Crippen molar-refractivity contribution in [3.63, 3.8) is 0 Å². The second-order valence-electron chi connectivity index (χ2n) is 4.54. The number of thiazole rings is 1. The van der Waals surface area contributed by atoms with Gasteiger partial charge in [-0.15, -0.1) is 11.3 Å². The van der Waals surface area contributed by atoms with Crippen molar-refractivity contribution in [2.45, 2.75) is 32.7 Å². The van der Waals surface area contributed by atoms with E-state index >= 15 is 0 Å². The summed E-state index contributed by atoms with van der Waals surface area (Å²) in [6.07, 6.45) is 3.76. The molecule has 1 fully saturated rings. The molecule has 0 aliphatic heterocycles. The maximum Gasteiger partial charge on any atom is 0.0941 e. The zero-order chi connectivity index (χ0) is 11.4. The molecule has 0 bridgehead atoms. The number of hydrogen-bond donors (Lipinski definition) is 1. The van der Waals surface area contributed by atoms with E-state index in [1.807, 2.05) is 0 Å². The van der Waals surface area contributed by atoms with Crippen LogP contribution < -0.4 is 5.73 Å². The molecule has 4 heteroatoms. The molecule has 0 amide bonds. The molecule has 0 saturated heterocycles. The molecule has 0 atom stereocenters. The molecular formula is C12H21N3S. The predicted octanol–water partition coefficient (Wildman–Crippen LogP) is 1.88. The maximum atomic E-state index is 5.53. The second-order valence-corrected chi connectivity index (χ2v) is 5.49. The highest BCUT2D eigenvalue weighted by Crippen LogP contribution is 2.30. The van der Waals surface area contributed by atoms with Gasteiger partial charge in [0.2, 0.25) is 0 Å². The van der Waals surface area contributed by atoms with Crippen LogP contribution in [0.2, 0.25) is 0 Å². The van der Waals surface area contributed by atoms with Gasteiger partial charge in [0.1, 0.15) is 0 Å². The standard InChI is InChI=1S/C12H21N3S/c1-2-15(7-10-3-4-10)8-11-9-16-12(14-11)5-6-13/h9-10H,2-8,13H2,1H3. The van der Waals surface area contributed by atoms with Gasteiger partial charge in [-0.2, -0.15) is 0 Å². The fourth-order valence-electron chi connectivity index (χ4n) is 1.86. The van der Waals surface area contributed by atoms with Crippen LogP contribution in [0, 0.1) is 5.92 Å². The maximum absolute atomic E-state index is 5.53. The zero-order valence-electron chi connectivity index (χ0n) is 9.98. The third-order valence-electron chi connectivity index (χ3n) is 3.00. The van der Waals surface area contributed by atoms with Crippen LogP contribution in [-0.2, 0) is 13.0 Å². The highest BCUT2D eigenvalue weighted by Gasteiger charge is 2.23. The van der Waals surface area contributed by atoms with Crippen LogP contribution in [0.1, 0.15) is 30.5 Å². The lowest BCUT2D eigenvalue weighted by molar-refractivity contribution is 0.265. The second kappa shape index (κ2) is 5.75. The molecule has 1 saturated carbocycles. The van der Waals surface area contributed by atoms with Crippen molar-refractivity contribution in [1.29, 1.82) is 0 Å². The molecule has 90 valence electrons. The molecule has 1 aliphatic carbocycles. The van der Waals surface area contributed by atoms with E-state index in [0.29, 0.717) is 6.54 Å². The molecule has 1 heterocycles. The van der Waals surface area contributed by atoms with Gasteiger partial charge in [0.05, 0.1) is 10.7 Å².